The van der Waals surface area contributed by atoms with Crippen LogP contribution in [0.15, 0.2) is 30.3 Å². The van der Waals surface area contributed by atoms with E-state index in [1.165, 1.54) is 13.8 Å². The summed E-state index contributed by atoms with van der Waals surface area (Å²) < 4.78 is 10.2. The third kappa shape index (κ3) is 3.13. The van der Waals surface area contributed by atoms with Gasteiger partial charge in [0, 0.05) is 20.4 Å². The summed E-state index contributed by atoms with van der Waals surface area (Å²) in [6.07, 6.45) is 0. The SMILES string of the molecule is CC(=O)Oc1cc2ccc(CN)cc2cc1OC(C)=O. The number of nitrogens with two attached hydrogens (primary N) is 1. The molecule has 0 saturated carbocycles. The van der Waals surface area contributed by atoms with Crippen LogP contribution in [0.4, 0.5) is 0 Å². The minimum Gasteiger partial charge on any atom is -0.423 e. The van der Waals surface area contributed by atoms with E-state index in [9.17, 15) is 9.59 Å². The largest absolute Gasteiger partial charge is 0.423 e. The maximum Gasteiger partial charge on any atom is 0.308 e. The Morgan fingerprint density at radius 3 is 2.00 bits per heavy atom. The van der Waals surface area contributed by atoms with E-state index in [1.807, 2.05) is 18.2 Å². The number of hydrogen-bond donors (Lipinski definition) is 1. The zero-order valence-electron chi connectivity index (χ0n) is 11.3. The van der Waals surface area contributed by atoms with Crippen molar-refractivity contribution in [2.24, 2.45) is 5.73 Å². The zero-order valence-corrected chi connectivity index (χ0v) is 11.3. The fourth-order valence-electron chi connectivity index (χ4n) is 1.90. The Hall–Kier alpha value is -2.40. The van der Waals surface area contributed by atoms with Gasteiger partial charge in [0.1, 0.15) is 0 Å². The summed E-state index contributed by atoms with van der Waals surface area (Å²) in [7, 11) is 0. The molecule has 0 aromatic heterocycles. The first-order valence-electron chi connectivity index (χ1n) is 6.13. The van der Waals surface area contributed by atoms with Gasteiger partial charge in [-0.25, -0.2) is 0 Å². The molecule has 0 heterocycles. The average Bonchev–Trinajstić information content (AvgIpc) is 2.37. The van der Waals surface area contributed by atoms with E-state index < -0.39 is 11.9 Å². The highest BCUT2D eigenvalue weighted by molar-refractivity contribution is 5.88. The first-order valence-corrected chi connectivity index (χ1v) is 6.13. The van der Waals surface area contributed by atoms with Crippen LogP contribution in [0.3, 0.4) is 0 Å². The smallest absolute Gasteiger partial charge is 0.308 e. The molecule has 0 atom stereocenters. The van der Waals surface area contributed by atoms with Gasteiger partial charge in [0.05, 0.1) is 0 Å². The highest BCUT2D eigenvalue weighted by atomic mass is 16.6. The van der Waals surface area contributed by atoms with Gasteiger partial charge in [-0.05, 0) is 34.5 Å². The van der Waals surface area contributed by atoms with E-state index in [1.54, 1.807) is 12.1 Å². The van der Waals surface area contributed by atoms with E-state index in [2.05, 4.69) is 0 Å². The number of rotatable bonds is 3. The van der Waals surface area contributed by atoms with Crippen LogP contribution in [-0.2, 0) is 16.1 Å². The summed E-state index contributed by atoms with van der Waals surface area (Å²) in [5, 5.41) is 1.73. The molecule has 0 aliphatic carbocycles. The van der Waals surface area contributed by atoms with Crippen LogP contribution < -0.4 is 15.2 Å². The van der Waals surface area contributed by atoms with Gasteiger partial charge in [-0.3, -0.25) is 9.59 Å². The molecule has 0 spiro atoms. The Balaban J connectivity index is 2.57. The normalized spacial score (nSPS) is 10.3. The minimum atomic E-state index is -0.479. The van der Waals surface area contributed by atoms with Gasteiger partial charge in [-0.2, -0.15) is 0 Å². The highest BCUT2D eigenvalue weighted by Gasteiger charge is 2.12. The molecule has 20 heavy (non-hydrogen) atoms. The molecule has 2 rings (SSSR count). The molecule has 2 aromatic rings. The van der Waals surface area contributed by atoms with E-state index >= 15 is 0 Å². The van der Waals surface area contributed by atoms with Crippen LogP contribution in [0.25, 0.3) is 10.8 Å². The lowest BCUT2D eigenvalue weighted by molar-refractivity contribution is -0.134. The van der Waals surface area contributed by atoms with Crippen LogP contribution in [0.2, 0.25) is 0 Å². The zero-order chi connectivity index (χ0) is 14.7. The van der Waals surface area contributed by atoms with Crippen molar-refractivity contribution in [3.05, 3.63) is 35.9 Å². The lowest BCUT2D eigenvalue weighted by Gasteiger charge is -2.11. The Kier molecular flexibility index (Phi) is 4.00. The van der Waals surface area contributed by atoms with Crippen molar-refractivity contribution in [3.8, 4) is 11.5 Å². The molecule has 0 radical (unpaired) electrons. The molecule has 0 aliphatic rings. The number of benzene rings is 2. The average molecular weight is 273 g/mol. The number of carbonyl (C=O) groups excluding carboxylic acids is 2. The van der Waals surface area contributed by atoms with Crippen LogP contribution in [0.5, 0.6) is 11.5 Å². The number of ether oxygens (including phenoxy) is 2. The Labute approximate surface area is 116 Å². The van der Waals surface area contributed by atoms with E-state index in [4.69, 9.17) is 15.2 Å². The topological polar surface area (TPSA) is 78.6 Å². The number of esters is 2. The van der Waals surface area contributed by atoms with Gasteiger partial charge in [-0.1, -0.05) is 12.1 Å². The second-order valence-electron chi connectivity index (χ2n) is 4.37. The molecule has 104 valence electrons. The van der Waals surface area contributed by atoms with Crippen LogP contribution >= 0.6 is 0 Å². The number of fused-ring (bicyclic) bond motifs is 1. The molecule has 0 unspecified atom stereocenters. The predicted octanol–water partition coefficient (Wildman–Crippen LogP) is 2.15. The molecular weight excluding hydrogens is 258 g/mol. The van der Waals surface area contributed by atoms with E-state index in [0.717, 1.165) is 16.3 Å². The summed E-state index contributed by atoms with van der Waals surface area (Å²) in [4.78, 5) is 22.2. The summed E-state index contributed by atoms with van der Waals surface area (Å²) >= 11 is 0. The van der Waals surface area contributed by atoms with Gasteiger partial charge in [0.25, 0.3) is 0 Å². The van der Waals surface area contributed by atoms with Crippen molar-refractivity contribution >= 4 is 22.7 Å². The third-order valence-electron chi connectivity index (χ3n) is 2.71. The fraction of sp³-hybridized carbons (Fsp3) is 0.200. The third-order valence-corrected chi connectivity index (χ3v) is 2.71. The number of carbonyl (C=O) groups is 2. The van der Waals surface area contributed by atoms with Gasteiger partial charge < -0.3 is 15.2 Å². The van der Waals surface area contributed by atoms with Gasteiger partial charge >= 0.3 is 11.9 Å². The molecular formula is C15H15NO4. The van der Waals surface area contributed by atoms with Gasteiger partial charge in [-0.15, -0.1) is 0 Å². The van der Waals surface area contributed by atoms with Gasteiger partial charge in [0.15, 0.2) is 11.5 Å². The molecule has 5 nitrogen and oxygen atoms in total. The number of hydrogen-bond acceptors (Lipinski definition) is 5. The predicted molar refractivity (Wildman–Crippen MR) is 74.5 cm³/mol. The Bertz CT molecular complexity index is 679. The summed E-state index contributed by atoms with van der Waals surface area (Å²) in [5.41, 5.74) is 6.57. The molecule has 0 bridgehead atoms. The summed E-state index contributed by atoms with van der Waals surface area (Å²) in [6.45, 7) is 3.00. The first-order chi connectivity index (χ1) is 9.49. The lowest BCUT2D eigenvalue weighted by atomic mass is 10.1. The maximum absolute atomic E-state index is 11.1. The van der Waals surface area contributed by atoms with Crippen molar-refractivity contribution in [2.75, 3.05) is 0 Å². The van der Waals surface area contributed by atoms with Crippen molar-refractivity contribution in [1.82, 2.24) is 0 Å². The Morgan fingerprint density at radius 2 is 1.50 bits per heavy atom. The Morgan fingerprint density at radius 1 is 0.950 bits per heavy atom. The van der Waals surface area contributed by atoms with Gasteiger partial charge in [0.2, 0.25) is 0 Å². The monoisotopic (exact) mass is 273 g/mol. The standard InChI is InChI=1S/C15H15NO4/c1-9(17)19-14-6-12-4-3-11(8-16)5-13(12)7-15(14)20-10(2)18/h3-7H,8,16H2,1-2H3. The molecule has 5 heteroatoms. The summed E-state index contributed by atoms with van der Waals surface area (Å²) in [5.74, 6) is -0.515. The molecule has 2 N–H and O–H groups in total. The molecule has 0 amide bonds. The molecule has 0 fully saturated rings. The maximum atomic E-state index is 11.1. The molecule has 0 aliphatic heterocycles. The minimum absolute atomic E-state index is 0.217. The van der Waals surface area contributed by atoms with E-state index in [-0.39, 0.29) is 11.5 Å². The van der Waals surface area contributed by atoms with Crippen LogP contribution in [0.1, 0.15) is 19.4 Å². The highest BCUT2D eigenvalue weighted by Crippen LogP contribution is 2.33. The summed E-state index contributed by atoms with van der Waals surface area (Å²) in [6, 6.07) is 9.00. The second kappa shape index (κ2) is 5.71. The van der Waals surface area contributed by atoms with E-state index in [0.29, 0.717) is 6.54 Å². The first kappa shape index (κ1) is 14.0. The lowest BCUT2D eigenvalue weighted by Crippen LogP contribution is -2.07. The van der Waals surface area contributed by atoms with Crippen molar-refractivity contribution in [1.29, 1.82) is 0 Å². The van der Waals surface area contributed by atoms with Crippen molar-refractivity contribution in [2.45, 2.75) is 20.4 Å². The quantitative estimate of drug-likeness (QED) is 0.684. The molecule has 0 saturated heterocycles. The van der Waals surface area contributed by atoms with Crippen LogP contribution in [0, 0.1) is 0 Å². The van der Waals surface area contributed by atoms with Crippen molar-refractivity contribution < 1.29 is 19.1 Å². The molecule has 2 aromatic carbocycles. The van der Waals surface area contributed by atoms with Crippen LogP contribution in [-0.4, -0.2) is 11.9 Å². The second-order valence-corrected chi connectivity index (χ2v) is 4.37. The fourth-order valence-corrected chi connectivity index (χ4v) is 1.90. The van der Waals surface area contributed by atoms with Crippen molar-refractivity contribution in [3.63, 3.8) is 0 Å².